The van der Waals surface area contributed by atoms with E-state index in [4.69, 9.17) is 0 Å². The molecule has 0 aromatic heterocycles. The first-order chi connectivity index (χ1) is 12.5. The second-order valence-corrected chi connectivity index (χ2v) is 5.77. The fraction of sp³-hybridized carbons (Fsp3) is 0.0476. The Morgan fingerprint density at radius 1 is 0.808 bits per heavy atom. The fourth-order valence-electron chi connectivity index (χ4n) is 2.46. The lowest BCUT2D eigenvalue weighted by Gasteiger charge is -2.10. The number of hydrogen-bond acceptors (Lipinski definition) is 3. The van der Waals surface area contributed by atoms with Crippen LogP contribution in [0.3, 0.4) is 0 Å². The molecular weight excluding hydrogens is 331 g/mol. The topological polar surface area (TPSA) is 58.2 Å². The predicted octanol–water partition coefficient (Wildman–Crippen LogP) is 5.02. The molecule has 1 amide bonds. The van der Waals surface area contributed by atoms with Gasteiger partial charge in [-0.05, 0) is 55.5 Å². The summed E-state index contributed by atoms with van der Waals surface area (Å²) in [5.74, 6) is -1.06. The Kier molecular flexibility index (Phi) is 5.08. The largest absolute Gasteiger partial charge is 0.356 e. The van der Waals surface area contributed by atoms with Crippen molar-refractivity contribution in [3.8, 4) is 0 Å². The van der Waals surface area contributed by atoms with Crippen molar-refractivity contribution >= 4 is 28.8 Å². The van der Waals surface area contributed by atoms with Crippen LogP contribution in [0.1, 0.15) is 27.6 Å². The molecule has 0 spiro atoms. The number of Topliss-reactive ketones (excluding diaryl/α,β-unsaturated/α-hetero) is 1. The van der Waals surface area contributed by atoms with Crippen molar-refractivity contribution in [2.45, 2.75) is 6.92 Å². The maximum absolute atomic E-state index is 13.6. The summed E-state index contributed by atoms with van der Waals surface area (Å²) in [5, 5.41) is 5.86. The Hall–Kier alpha value is -3.47. The monoisotopic (exact) mass is 348 g/mol. The van der Waals surface area contributed by atoms with E-state index in [2.05, 4.69) is 10.6 Å². The zero-order valence-electron chi connectivity index (χ0n) is 14.1. The van der Waals surface area contributed by atoms with E-state index < -0.39 is 11.7 Å². The van der Waals surface area contributed by atoms with Gasteiger partial charge in [-0.25, -0.2) is 4.39 Å². The van der Waals surface area contributed by atoms with Gasteiger partial charge < -0.3 is 10.6 Å². The molecule has 3 rings (SSSR count). The molecule has 0 aliphatic rings. The molecule has 0 saturated carbocycles. The van der Waals surface area contributed by atoms with Crippen LogP contribution in [0.4, 0.5) is 21.5 Å². The van der Waals surface area contributed by atoms with Gasteiger partial charge in [0.1, 0.15) is 5.82 Å². The maximum Gasteiger partial charge on any atom is 0.258 e. The number of rotatable bonds is 5. The lowest BCUT2D eigenvalue weighted by atomic mass is 10.1. The molecule has 0 fully saturated rings. The Morgan fingerprint density at radius 2 is 1.50 bits per heavy atom. The van der Waals surface area contributed by atoms with Crippen LogP contribution in [-0.2, 0) is 0 Å². The van der Waals surface area contributed by atoms with Crippen molar-refractivity contribution in [2.75, 3.05) is 10.6 Å². The number of halogens is 1. The highest BCUT2D eigenvalue weighted by molar-refractivity contribution is 6.04. The van der Waals surface area contributed by atoms with E-state index in [9.17, 15) is 14.0 Å². The first-order valence-corrected chi connectivity index (χ1v) is 8.07. The molecule has 130 valence electrons. The molecule has 5 heteroatoms. The first kappa shape index (κ1) is 17.4. The minimum absolute atomic E-state index is 0.000135. The number of amides is 1. The number of anilines is 3. The van der Waals surface area contributed by atoms with Crippen LogP contribution in [0.2, 0.25) is 0 Å². The Morgan fingerprint density at radius 3 is 2.19 bits per heavy atom. The van der Waals surface area contributed by atoms with Crippen LogP contribution in [0, 0.1) is 5.82 Å². The van der Waals surface area contributed by atoms with Gasteiger partial charge in [-0.3, -0.25) is 9.59 Å². The van der Waals surface area contributed by atoms with E-state index in [0.29, 0.717) is 11.3 Å². The lowest BCUT2D eigenvalue weighted by Crippen LogP contribution is -2.13. The van der Waals surface area contributed by atoms with Crippen molar-refractivity contribution in [3.63, 3.8) is 0 Å². The molecule has 26 heavy (non-hydrogen) atoms. The standard InChI is InChI=1S/C21H17FN2O2/c1-14(25)15-5-4-6-18(13-15)23-16-9-11-17(12-10-16)24-21(26)19-7-2-3-8-20(19)22/h2-13,23H,1H3,(H,24,26). The van der Waals surface area contributed by atoms with Gasteiger partial charge in [-0.1, -0.05) is 24.3 Å². The highest BCUT2D eigenvalue weighted by atomic mass is 19.1. The molecule has 0 atom stereocenters. The molecular formula is C21H17FN2O2. The van der Waals surface area contributed by atoms with E-state index in [-0.39, 0.29) is 11.3 Å². The molecule has 0 aliphatic carbocycles. The van der Waals surface area contributed by atoms with E-state index in [1.807, 2.05) is 12.1 Å². The highest BCUT2D eigenvalue weighted by Crippen LogP contribution is 2.20. The van der Waals surface area contributed by atoms with Crippen LogP contribution in [-0.4, -0.2) is 11.7 Å². The third-order valence-corrected chi connectivity index (χ3v) is 3.82. The number of benzene rings is 3. The number of nitrogens with one attached hydrogen (secondary N) is 2. The van der Waals surface area contributed by atoms with Gasteiger partial charge in [-0.2, -0.15) is 0 Å². The number of carbonyl (C=O) groups excluding carboxylic acids is 2. The van der Waals surface area contributed by atoms with E-state index in [0.717, 1.165) is 11.4 Å². The summed E-state index contributed by atoms with van der Waals surface area (Å²) < 4.78 is 13.6. The van der Waals surface area contributed by atoms with Gasteiger partial charge in [-0.15, -0.1) is 0 Å². The maximum atomic E-state index is 13.6. The third kappa shape index (κ3) is 4.13. The van der Waals surface area contributed by atoms with Gasteiger partial charge in [0.05, 0.1) is 5.56 Å². The zero-order valence-corrected chi connectivity index (χ0v) is 14.1. The number of hydrogen-bond donors (Lipinski definition) is 2. The molecule has 3 aromatic carbocycles. The number of ketones is 1. The molecule has 4 nitrogen and oxygen atoms in total. The molecule has 0 unspecified atom stereocenters. The molecule has 0 radical (unpaired) electrons. The summed E-state index contributed by atoms with van der Waals surface area (Å²) in [5.41, 5.74) is 2.77. The smallest absolute Gasteiger partial charge is 0.258 e. The molecule has 3 aromatic rings. The summed E-state index contributed by atoms with van der Waals surface area (Å²) in [6.07, 6.45) is 0. The van der Waals surface area contributed by atoms with Gasteiger partial charge in [0, 0.05) is 22.6 Å². The highest BCUT2D eigenvalue weighted by Gasteiger charge is 2.10. The Balaban J connectivity index is 1.69. The summed E-state index contributed by atoms with van der Waals surface area (Å²) >= 11 is 0. The van der Waals surface area contributed by atoms with Crippen molar-refractivity contribution < 1.29 is 14.0 Å². The van der Waals surface area contributed by atoms with Crippen LogP contribution in [0.5, 0.6) is 0 Å². The fourth-order valence-corrected chi connectivity index (χ4v) is 2.46. The summed E-state index contributed by atoms with van der Waals surface area (Å²) in [4.78, 5) is 23.6. The van der Waals surface area contributed by atoms with Crippen molar-refractivity contribution in [2.24, 2.45) is 0 Å². The van der Waals surface area contributed by atoms with Crippen LogP contribution in [0.25, 0.3) is 0 Å². The minimum Gasteiger partial charge on any atom is -0.356 e. The second-order valence-electron chi connectivity index (χ2n) is 5.77. The average Bonchev–Trinajstić information content (AvgIpc) is 2.64. The molecule has 0 saturated heterocycles. The summed E-state index contributed by atoms with van der Waals surface area (Å²) in [6, 6.07) is 20.0. The molecule has 0 aliphatic heterocycles. The first-order valence-electron chi connectivity index (χ1n) is 8.07. The van der Waals surface area contributed by atoms with Gasteiger partial charge in [0.15, 0.2) is 5.78 Å². The SMILES string of the molecule is CC(=O)c1cccc(Nc2ccc(NC(=O)c3ccccc3F)cc2)c1. The molecule has 0 bridgehead atoms. The normalized spacial score (nSPS) is 10.2. The van der Waals surface area contributed by atoms with Gasteiger partial charge in [0.2, 0.25) is 0 Å². The summed E-state index contributed by atoms with van der Waals surface area (Å²) in [6.45, 7) is 1.52. The van der Waals surface area contributed by atoms with Crippen LogP contribution >= 0.6 is 0 Å². The predicted molar refractivity (Wildman–Crippen MR) is 101 cm³/mol. The lowest BCUT2D eigenvalue weighted by molar-refractivity contribution is 0.101. The quantitative estimate of drug-likeness (QED) is 0.636. The second kappa shape index (κ2) is 7.61. The Labute approximate surface area is 150 Å². The van der Waals surface area contributed by atoms with Crippen molar-refractivity contribution in [3.05, 3.63) is 89.7 Å². The molecule has 2 N–H and O–H groups in total. The Bertz CT molecular complexity index is 952. The van der Waals surface area contributed by atoms with Gasteiger partial charge >= 0.3 is 0 Å². The van der Waals surface area contributed by atoms with E-state index >= 15 is 0 Å². The minimum atomic E-state index is -0.561. The van der Waals surface area contributed by atoms with Crippen LogP contribution in [0.15, 0.2) is 72.8 Å². The van der Waals surface area contributed by atoms with E-state index in [1.165, 1.54) is 25.1 Å². The van der Waals surface area contributed by atoms with Gasteiger partial charge in [0.25, 0.3) is 5.91 Å². The zero-order chi connectivity index (χ0) is 18.5. The van der Waals surface area contributed by atoms with Crippen molar-refractivity contribution in [1.29, 1.82) is 0 Å². The van der Waals surface area contributed by atoms with E-state index in [1.54, 1.807) is 42.5 Å². The molecule has 0 heterocycles. The van der Waals surface area contributed by atoms with Crippen molar-refractivity contribution in [1.82, 2.24) is 0 Å². The average molecular weight is 348 g/mol. The third-order valence-electron chi connectivity index (χ3n) is 3.82. The van der Waals surface area contributed by atoms with Crippen LogP contribution < -0.4 is 10.6 Å². The number of carbonyl (C=O) groups is 2. The summed E-state index contributed by atoms with van der Waals surface area (Å²) in [7, 11) is 0.